The van der Waals surface area contributed by atoms with E-state index in [2.05, 4.69) is 17.0 Å². The van der Waals surface area contributed by atoms with Crippen LogP contribution in [0.15, 0.2) is 24.3 Å². The van der Waals surface area contributed by atoms with E-state index in [0.29, 0.717) is 6.79 Å². The summed E-state index contributed by atoms with van der Waals surface area (Å²) in [5.41, 5.74) is 1.31. The normalized spacial score (nSPS) is 23.2. The highest BCUT2D eigenvalue weighted by Crippen LogP contribution is 2.19. The highest BCUT2D eigenvalue weighted by molar-refractivity contribution is 6.20. The molecular weight excluding hydrogens is 290 g/mol. The molecule has 0 aliphatic carbocycles. The monoisotopic (exact) mass is 313 g/mol. The number of rotatable bonds is 7. The number of piperidine rings is 1. The molecule has 1 heterocycles. The zero-order valence-corrected chi connectivity index (χ0v) is 13.5. The van der Waals surface area contributed by atoms with Crippen molar-refractivity contribution < 1.29 is 14.2 Å². The van der Waals surface area contributed by atoms with E-state index in [1.54, 1.807) is 14.2 Å². The van der Waals surface area contributed by atoms with Gasteiger partial charge in [-0.05, 0) is 30.5 Å². The first kappa shape index (κ1) is 16.6. The van der Waals surface area contributed by atoms with Crippen LogP contribution in [0.2, 0.25) is 0 Å². The Bertz CT molecular complexity index is 412. The van der Waals surface area contributed by atoms with Crippen molar-refractivity contribution in [2.24, 2.45) is 0 Å². The predicted molar refractivity (Wildman–Crippen MR) is 84.1 cm³/mol. The Labute approximate surface area is 131 Å². The van der Waals surface area contributed by atoms with E-state index in [0.717, 1.165) is 38.2 Å². The molecule has 1 aromatic carbocycles. The van der Waals surface area contributed by atoms with E-state index in [-0.39, 0.29) is 11.5 Å². The van der Waals surface area contributed by atoms with Gasteiger partial charge in [0.1, 0.15) is 12.5 Å². The highest BCUT2D eigenvalue weighted by Gasteiger charge is 2.26. The molecule has 1 saturated heterocycles. The predicted octanol–water partition coefficient (Wildman–Crippen LogP) is 2.54. The summed E-state index contributed by atoms with van der Waals surface area (Å²) < 4.78 is 15.8. The number of halogens is 1. The summed E-state index contributed by atoms with van der Waals surface area (Å²) in [6.45, 7) is 3.16. The van der Waals surface area contributed by atoms with Gasteiger partial charge in [0, 0.05) is 32.1 Å². The van der Waals surface area contributed by atoms with Crippen molar-refractivity contribution in [1.29, 1.82) is 0 Å². The second-order valence-corrected chi connectivity index (χ2v) is 6.00. The molecule has 118 valence electrons. The lowest BCUT2D eigenvalue weighted by atomic mass is 10.1. The number of benzene rings is 1. The maximum absolute atomic E-state index is 6.33. The van der Waals surface area contributed by atoms with E-state index in [4.69, 9.17) is 25.8 Å². The van der Waals surface area contributed by atoms with Gasteiger partial charge in [0.25, 0.3) is 0 Å². The molecule has 0 aromatic heterocycles. The van der Waals surface area contributed by atoms with Gasteiger partial charge in [-0.15, -0.1) is 11.6 Å². The number of ether oxygens (including phenoxy) is 3. The summed E-state index contributed by atoms with van der Waals surface area (Å²) in [5.74, 6) is 0.894. The number of hydrogen-bond acceptors (Lipinski definition) is 4. The van der Waals surface area contributed by atoms with Crippen LogP contribution in [0, 0.1) is 0 Å². The Hall–Kier alpha value is -0.810. The summed E-state index contributed by atoms with van der Waals surface area (Å²) in [5, 5.41) is 0.150. The summed E-state index contributed by atoms with van der Waals surface area (Å²) >= 11 is 6.33. The van der Waals surface area contributed by atoms with E-state index < -0.39 is 0 Å². The minimum atomic E-state index is 0.150. The summed E-state index contributed by atoms with van der Waals surface area (Å²) in [7, 11) is 3.33. The average Bonchev–Trinajstić information content (AvgIpc) is 2.51. The van der Waals surface area contributed by atoms with Crippen molar-refractivity contribution in [1.82, 2.24) is 4.90 Å². The fourth-order valence-electron chi connectivity index (χ4n) is 2.62. The number of hydrogen-bond donors (Lipinski definition) is 0. The smallest absolute Gasteiger partial charge is 0.146 e. The molecule has 0 radical (unpaired) electrons. The van der Waals surface area contributed by atoms with Gasteiger partial charge in [0.05, 0.1) is 13.2 Å². The van der Waals surface area contributed by atoms with Gasteiger partial charge >= 0.3 is 0 Å². The van der Waals surface area contributed by atoms with Crippen LogP contribution in [0.3, 0.4) is 0 Å². The van der Waals surface area contributed by atoms with Crippen LogP contribution in [0.25, 0.3) is 0 Å². The lowest BCUT2D eigenvalue weighted by Gasteiger charge is -2.35. The van der Waals surface area contributed by atoms with Gasteiger partial charge in [-0.1, -0.05) is 12.1 Å². The molecule has 0 unspecified atom stereocenters. The number of nitrogens with zero attached hydrogens (tertiary/aromatic N) is 1. The Morgan fingerprint density at radius 1 is 1.19 bits per heavy atom. The number of likely N-dealkylation sites (tertiary alicyclic amines) is 1. The average molecular weight is 314 g/mol. The molecule has 2 rings (SSSR count). The maximum atomic E-state index is 6.33. The minimum absolute atomic E-state index is 0.150. The molecule has 0 saturated carbocycles. The van der Waals surface area contributed by atoms with E-state index >= 15 is 0 Å². The SMILES string of the molecule is COCO[C@@H]1C[C@H](Cl)CN(CCc2ccc(OC)cc2)C1. The molecule has 4 nitrogen and oxygen atoms in total. The van der Waals surface area contributed by atoms with Crippen LogP contribution in [-0.2, 0) is 15.9 Å². The molecule has 1 aliphatic heterocycles. The lowest BCUT2D eigenvalue weighted by molar-refractivity contribution is -0.0910. The van der Waals surface area contributed by atoms with Crippen molar-refractivity contribution in [3.05, 3.63) is 29.8 Å². The third-order valence-corrected chi connectivity index (χ3v) is 4.05. The number of methoxy groups -OCH3 is 2. The molecule has 21 heavy (non-hydrogen) atoms. The van der Waals surface area contributed by atoms with E-state index in [1.807, 2.05) is 12.1 Å². The molecule has 1 fully saturated rings. The molecule has 0 N–H and O–H groups in total. The Kier molecular flexibility index (Phi) is 6.77. The minimum Gasteiger partial charge on any atom is -0.497 e. The standard InChI is InChI=1S/C16H24ClNO3/c1-19-12-21-16-9-14(17)10-18(11-16)8-7-13-3-5-15(20-2)6-4-13/h3-6,14,16H,7-12H2,1-2H3/t14-,16+/m0/s1. The molecule has 2 atom stereocenters. The van der Waals surface area contributed by atoms with Crippen LogP contribution in [-0.4, -0.2) is 57.0 Å². The molecule has 1 aliphatic rings. The van der Waals surface area contributed by atoms with Gasteiger partial charge in [-0.25, -0.2) is 0 Å². The third-order valence-electron chi connectivity index (χ3n) is 3.73. The quantitative estimate of drug-likeness (QED) is 0.572. The zero-order valence-electron chi connectivity index (χ0n) is 12.8. The van der Waals surface area contributed by atoms with Gasteiger partial charge in [-0.2, -0.15) is 0 Å². The number of alkyl halides is 1. The van der Waals surface area contributed by atoms with Crippen LogP contribution in [0.1, 0.15) is 12.0 Å². The Morgan fingerprint density at radius 2 is 1.95 bits per heavy atom. The fourth-order valence-corrected chi connectivity index (χ4v) is 3.02. The first-order valence-electron chi connectivity index (χ1n) is 7.31. The summed E-state index contributed by atoms with van der Waals surface area (Å²) in [4.78, 5) is 2.37. The van der Waals surface area contributed by atoms with Crippen molar-refractivity contribution in [2.45, 2.75) is 24.3 Å². The Balaban J connectivity index is 1.80. The lowest BCUT2D eigenvalue weighted by Crippen LogP contribution is -2.45. The maximum Gasteiger partial charge on any atom is 0.146 e. The molecule has 0 bridgehead atoms. The van der Waals surface area contributed by atoms with E-state index in [9.17, 15) is 0 Å². The topological polar surface area (TPSA) is 30.9 Å². The van der Waals surface area contributed by atoms with Gasteiger partial charge in [0.2, 0.25) is 0 Å². The first-order valence-corrected chi connectivity index (χ1v) is 7.74. The zero-order chi connectivity index (χ0) is 15.1. The molecule has 0 spiro atoms. The van der Waals surface area contributed by atoms with Crippen molar-refractivity contribution in [3.63, 3.8) is 0 Å². The van der Waals surface area contributed by atoms with Crippen LogP contribution >= 0.6 is 11.6 Å². The largest absolute Gasteiger partial charge is 0.497 e. The van der Waals surface area contributed by atoms with Gasteiger partial charge < -0.3 is 14.2 Å². The van der Waals surface area contributed by atoms with Crippen LogP contribution in [0.4, 0.5) is 0 Å². The van der Waals surface area contributed by atoms with E-state index in [1.165, 1.54) is 5.56 Å². The van der Waals surface area contributed by atoms with Crippen molar-refractivity contribution in [3.8, 4) is 5.75 Å². The second-order valence-electron chi connectivity index (χ2n) is 5.39. The molecule has 0 amide bonds. The van der Waals surface area contributed by atoms with Crippen LogP contribution in [0.5, 0.6) is 5.75 Å². The molecule has 1 aromatic rings. The molecular formula is C16H24ClNO3. The van der Waals surface area contributed by atoms with Gasteiger partial charge in [-0.3, -0.25) is 4.90 Å². The highest BCUT2D eigenvalue weighted by atomic mass is 35.5. The third kappa shape index (κ3) is 5.47. The fraction of sp³-hybridized carbons (Fsp3) is 0.625. The second kappa shape index (κ2) is 8.59. The first-order chi connectivity index (χ1) is 10.2. The summed E-state index contributed by atoms with van der Waals surface area (Å²) in [6.07, 6.45) is 2.06. The van der Waals surface area contributed by atoms with Crippen molar-refractivity contribution >= 4 is 11.6 Å². The molecule has 5 heteroatoms. The van der Waals surface area contributed by atoms with Crippen LogP contribution < -0.4 is 4.74 Å². The van der Waals surface area contributed by atoms with Crippen molar-refractivity contribution in [2.75, 3.05) is 40.6 Å². The Morgan fingerprint density at radius 3 is 2.62 bits per heavy atom. The summed E-state index contributed by atoms with van der Waals surface area (Å²) in [6, 6.07) is 8.22. The van der Waals surface area contributed by atoms with Gasteiger partial charge in [0.15, 0.2) is 0 Å².